The van der Waals surface area contributed by atoms with Gasteiger partial charge in [-0.1, -0.05) is 13.8 Å². The molecule has 0 aromatic heterocycles. The van der Waals surface area contributed by atoms with Crippen LogP contribution < -0.4 is 65.9 Å². The minimum absolute atomic E-state index is 0.0484. The van der Waals surface area contributed by atoms with Gasteiger partial charge in [0, 0.05) is 25.9 Å². The summed E-state index contributed by atoms with van der Waals surface area (Å²) < 4.78 is 0. The molecule has 0 aromatic rings. The summed E-state index contributed by atoms with van der Waals surface area (Å²) in [7, 11) is 0. The third-order valence-corrected chi connectivity index (χ3v) is 9.67. The summed E-state index contributed by atoms with van der Waals surface area (Å²) in [6.45, 7) is 4.57. The van der Waals surface area contributed by atoms with Crippen LogP contribution in [-0.4, -0.2) is 161 Å². The number of carbonyl (C=O) groups is 11. The second-order valence-electron chi connectivity index (χ2n) is 15.4. The molecule has 0 aliphatic carbocycles. The maximum absolute atomic E-state index is 13.6. The van der Waals surface area contributed by atoms with Crippen LogP contribution in [0.5, 0.6) is 0 Å². The summed E-state index contributed by atoms with van der Waals surface area (Å²) in [6.07, 6.45) is -0.759. The lowest BCUT2D eigenvalue weighted by atomic mass is 10.0. The van der Waals surface area contributed by atoms with Crippen molar-refractivity contribution in [1.82, 2.24) is 42.1 Å². The zero-order valence-corrected chi connectivity index (χ0v) is 36.3. The monoisotopic (exact) mass is 912 g/mol. The summed E-state index contributed by atoms with van der Waals surface area (Å²) >= 11 is 0. The van der Waals surface area contributed by atoms with Gasteiger partial charge in [0.25, 0.3) is 0 Å². The number of aliphatic imine (C=N–C) groups is 1. The van der Waals surface area contributed by atoms with Gasteiger partial charge in [0.05, 0.1) is 19.2 Å². The maximum atomic E-state index is 13.6. The molecule has 27 heteroatoms. The summed E-state index contributed by atoms with van der Waals surface area (Å²) in [6, 6.07) is -10.4. The third kappa shape index (κ3) is 19.6. The van der Waals surface area contributed by atoms with E-state index in [1.165, 1.54) is 18.7 Å². The van der Waals surface area contributed by atoms with Crippen molar-refractivity contribution >= 4 is 71.0 Å². The Labute approximate surface area is 368 Å². The van der Waals surface area contributed by atoms with Gasteiger partial charge in [-0.05, 0) is 58.3 Å². The van der Waals surface area contributed by atoms with E-state index in [4.69, 9.17) is 28.7 Å². The van der Waals surface area contributed by atoms with Crippen molar-refractivity contribution in [1.29, 1.82) is 0 Å². The average molecular weight is 913 g/mol. The molecule has 360 valence electrons. The van der Waals surface area contributed by atoms with E-state index in [9.17, 15) is 63.0 Å². The SMILES string of the molecule is CC(C)[C@H](NC(=O)[C@H](CCCN=C(N)N)NC(=O)[C@H](CO)NC(=O)[C@H](C)N)C(=O)N[C@@H](C)C(=O)N1CCC[C@H]1C(=O)NCC(=O)N[C@@H](CCC(N)=O)C(=O)N[C@@H](CCC(N)=O)C(=O)O. The molecule has 0 radical (unpaired) electrons. The maximum Gasteiger partial charge on any atom is 0.326 e. The van der Waals surface area contributed by atoms with Gasteiger partial charge in [0.1, 0.15) is 42.3 Å². The van der Waals surface area contributed by atoms with Gasteiger partial charge in [-0.15, -0.1) is 0 Å². The standard InChI is InChI=1S/C37H64N14O13/c1-17(2)28(50-31(58)20(7-5-13-43-37(41)42)47-32(59)23(16-52)49-29(56)18(3)38)34(61)45-19(4)35(62)51-14-6-8-24(51)33(60)44-15-27(55)46-21(9-11-25(39)53)30(57)48-22(36(63)64)10-12-26(40)54/h17-24,28,52H,5-16,38H2,1-4H3,(H2,39,53)(H2,40,54)(H,44,60)(H,45,61)(H,46,55)(H,47,59)(H,48,57)(H,49,56)(H,50,58)(H,63,64)(H4,41,42,43)/t18-,19-,20-,21-,22-,23-,24-,28-/m0/s1. The molecule has 0 aromatic carbocycles. The smallest absolute Gasteiger partial charge is 0.326 e. The van der Waals surface area contributed by atoms with E-state index in [0.717, 1.165) is 0 Å². The highest BCUT2D eigenvalue weighted by molar-refractivity contribution is 5.98. The van der Waals surface area contributed by atoms with Crippen molar-refractivity contribution in [2.75, 3.05) is 26.2 Å². The highest BCUT2D eigenvalue weighted by Gasteiger charge is 2.38. The quantitative estimate of drug-likeness (QED) is 0.0197. The minimum Gasteiger partial charge on any atom is -0.480 e. The van der Waals surface area contributed by atoms with Crippen LogP contribution in [0, 0.1) is 5.92 Å². The number of aliphatic hydroxyl groups is 1. The molecular weight excluding hydrogens is 848 g/mol. The Hall–Kier alpha value is -6.64. The number of nitrogens with one attached hydrogen (secondary N) is 7. The van der Waals surface area contributed by atoms with Crippen LogP contribution >= 0.6 is 0 Å². The van der Waals surface area contributed by atoms with Crippen molar-refractivity contribution < 1.29 is 63.0 Å². The minimum atomic E-state index is -1.55. The highest BCUT2D eigenvalue weighted by Crippen LogP contribution is 2.19. The number of aliphatic hydroxyl groups excluding tert-OH is 1. The predicted octanol–water partition coefficient (Wildman–Crippen LogP) is -7.31. The number of carboxylic acid groups (broad SMARTS) is 1. The molecule has 64 heavy (non-hydrogen) atoms. The van der Waals surface area contributed by atoms with Gasteiger partial charge < -0.3 is 81.0 Å². The Morgan fingerprint density at radius 3 is 1.75 bits per heavy atom. The van der Waals surface area contributed by atoms with Crippen molar-refractivity contribution in [3.8, 4) is 0 Å². The van der Waals surface area contributed by atoms with Crippen molar-refractivity contribution in [2.24, 2.45) is 39.6 Å². The first-order valence-electron chi connectivity index (χ1n) is 20.5. The van der Waals surface area contributed by atoms with E-state index in [0.29, 0.717) is 6.42 Å². The zero-order valence-electron chi connectivity index (χ0n) is 36.3. The number of nitrogens with two attached hydrogens (primary N) is 5. The van der Waals surface area contributed by atoms with E-state index in [1.807, 2.05) is 0 Å². The third-order valence-electron chi connectivity index (χ3n) is 9.67. The Morgan fingerprint density at radius 1 is 0.688 bits per heavy atom. The van der Waals surface area contributed by atoms with Gasteiger partial charge in [-0.2, -0.15) is 0 Å². The molecule has 0 bridgehead atoms. The van der Waals surface area contributed by atoms with Crippen LogP contribution in [0.3, 0.4) is 0 Å². The Bertz CT molecular complexity index is 1740. The molecule has 1 aliphatic heterocycles. The Balaban J connectivity index is 3.04. The molecular formula is C37H64N14O13. The number of amides is 10. The number of nitrogens with zero attached hydrogens (tertiary/aromatic N) is 2. The average Bonchev–Trinajstić information content (AvgIpc) is 3.71. The van der Waals surface area contributed by atoms with E-state index < -0.39 is 132 Å². The van der Waals surface area contributed by atoms with Gasteiger partial charge in [-0.3, -0.25) is 52.9 Å². The fourth-order valence-electron chi connectivity index (χ4n) is 6.15. The topological polar surface area (TPSA) is 458 Å². The van der Waals surface area contributed by atoms with Crippen molar-refractivity contribution in [3.63, 3.8) is 0 Å². The lowest BCUT2D eigenvalue weighted by Gasteiger charge is -2.29. The normalized spacial score (nSPS) is 16.5. The molecule has 0 saturated carbocycles. The first-order valence-corrected chi connectivity index (χ1v) is 20.5. The number of rotatable bonds is 28. The van der Waals surface area contributed by atoms with Gasteiger partial charge in [0.2, 0.25) is 59.1 Å². The van der Waals surface area contributed by atoms with Crippen LogP contribution in [0.15, 0.2) is 4.99 Å². The van der Waals surface area contributed by atoms with E-state index in [-0.39, 0.29) is 64.0 Å². The number of likely N-dealkylation sites (tertiary alicyclic amines) is 1. The summed E-state index contributed by atoms with van der Waals surface area (Å²) in [4.78, 5) is 144. The number of primary amides is 2. The van der Waals surface area contributed by atoms with Crippen molar-refractivity contribution in [2.45, 2.75) is 127 Å². The number of carboxylic acids is 1. The van der Waals surface area contributed by atoms with E-state index >= 15 is 0 Å². The van der Waals surface area contributed by atoms with Crippen LogP contribution in [0.25, 0.3) is 0 Å². The van der Waals surface area contributed by atoms with Crippen LogP contribution in [-0.2, 0) is 52.7 Å². The number of hydrogen-bond acceptors (Lipinski definition) is 14. The van der Waals surface area contributed by atoms with E-state index in [1.54, 1.807) is 13.8 Å². The summed E-state index contributed by atoms with van der Waals surface area (Å²) in [5.41, 5.74) is 26.6. The lowest BCUT2D eigenvalue weighted by molar-refractivity contribution is -0.143. The van der Waals surface area contributed by atoms with Crippen molar-refractivity contribution in [3.05, 3.63) is 0 Å². The summed E-state index contributed by atoms with van der Waals surface area (Å²) in [5.74, 6) is -10.6. The number of carbonyl (C=O) groups excluding carboxylic acids is 10. The molecule has 19 N–H and O–H groups in total. The molecule has 10 amide bonds. The van der Waals surface area contributed by atoms with Gasteiger partial charge in [0.15, 0.2) is 5.96 Å². The van der Waals surface area contributed by atoms with E-state index in [2.05, 4.69) is 42.2 Å². The Kier molecular flexibility index (Phi) is 23.7. The van der Waals surface area contributed by atoms with Gasteiger partial charge in [-0.25, -0.2) is 4.79 Å². The Morgan fingerprint density at radius 2 is 1.22 bits per heavy atom. The number of aliphatic carboxylic acids is 1. The highest BCUT2D eigenvalue weighted by atomic mass is 16.4. The number of hydrogen-bond donors (Lipinski definition) is 14. The molecule has 1 fully saturated rings. The molecule has 0 spiro atoms. The van der Waals surface area contributed by atoms with Crippen LogP contribution in [0.1, 0.15) is 79.1 Å². The largest absolute Gasteiger partial charge is 0.480 e. The molecule has 1 rings (SSSR count). The van der Waals surface area contributed by atoms with Gasteiger partial charge >= 0.3 is 5.97 Å². The molecule has 1 heterocycles. The first kappa shape index (κ1) is 55.4. The molecule has 27 nitrogen and oxygen atoms in total. The molecule has 0 unspecified atom stereocenters. The second kappa shape index (κ2) is 27.4. The second-order valence-corrected chi connectivity index (χ2v) is 15.4. The fraction of sp³-hybridized carbons (Fsp3) is 0.676. The summed E-state index contributed by atoms with van der Waals surface area (Å²) in [5, 5.41) is 35.9. The number of guanidine groups is 1. The molecule has 1 aliphatic rings. The molecule has 1 saturated heterocycles. The zero-order chi connectivity index (χ0) is 48.8. The fourth-order valence-corrected chi connectivity index (χ4v) is 6.15. The predicted molar refractivity (Wildman–Crippen MR) is 225 cm³/mol. The lowest BCUT2D eigenvalue weighted by Crippen LogP contribution is -2.60. The molecule has 8 atom stereocenters. The van der Waals surface area contributed by atoms with Crippen LogP contribution in [0.2, 0.25) is 0 Å². The van der Waals surface area contributed by atoms with Crippen LogP contribution in [0.4, 0.5) is 0 Å². The first-order chi connectivity index (χ1) is 29.9.